The van der Waals surface area contributed by atoms with Gasteiger partial charge in [0.2, 0.25) is 5.91 Å². The van der Waals surface area contributed by atoms with E-state index in [1.165, 1.54) is 37.5 Å². The van der Waals surface area contributed by atoms with Crippen LogP contribution in [0.1, 0.15) is 17.5 Å². The van der Waals surface area contributed by atoms with Crippen molar-refractivity contribution in [3.8, 4) is 5.75 Å². The zero-order valence-corrected chi connectivity index (χ0v) is 15.8. The summed E-state index contributed by atoms with van der Waals surface area (Å²) in [4.78, 5) is 12.2. The fourth-order valence-electron chi connectivity index (χ4n) is 2.94. The number of carbonyl (C=O) groups excluding carboxylic acids is 1. The Labute approximate surface area is 166 Å². The first-order valence-corrected chi connectivity index (χ1v) is 8.97. The van der Waals surface area contributed by atoms with E-state index in [-0.39, 0.29) is 40.2 Å². The zero-order chi connectivity index (χ0) is 21.0. The van der Waals surface area contributed by atoms with Crippen LogP contribution in [0.15, 0.2) is 36.4 Å². The molecule has 1 atom stereocenters. The number of carbonyl (C=O) groups is 1. The molecular weight excluding hydrogens is 380 g/mol. The number of halogens is 2. The van der Waals surface area contributed by atoms with Gasteiger partial charge in [-0.3, -0.25) is 4.79 Å². The summed E-state index contributed by atoms with van der Waals surface area (Å²) in [5.41, 5.74) is 6.76. The Kier molecular flexibility index (Phi) is 6.23. The molecule has 6 nitrogen and oxygen atoms in total. The first kappa shape index (κ1) is 20.5. The van der Waals surface area contributed by atoms with Gasteiger partial charge in [-0.1, -0.05) is 12.1 Å². The molecule has 152 valence electrons. The maximum absolute atomic E-state index is 14.2. The molecule has 29 heavy (non-hydrogen) atoms. The molecule has 1 heterocycles. The lowest BCUT2D eigenvalue weighted by atomic mass is 10.0. The van der Waals surface area contributed by atoms with Crippen molar-refractivity contribution in [1.29, 1.82) is 5.41 Å². The molecule has 1 saturated heterocycles. The first-order valence-electron chi connectivity index (χ1n) is 8.97. The highest BCUT2D eigenvalue weighted by Crippen LogP contribution is 2.25. The molecule has 1 aliphatic rings. The zero-order valence-electron chi connectivity index (χ0n) is 15.8. The van der Waals surface area contributed by atoms with Crippen LogP contribution in [-0.4, -0.2) is 31.9 Å². The van der Waals surface area contributed by atoms with Crippen molar-refractivity contribution >= 4 is 29.1 Å². The van der Waals surface area contributed by atoms with Crippen LogP contribution in [0.25, 0.3) is 6.08 Å². The Hall–Kier alpha value is -3.26. The molecule has 8 heteroatoms. The fraction of sp³-hybridized carbons (Fsp3) is 0.238. The van der Waals surface area contributed by atoms with Crippen molar-refractivity contribution in [1.82, 2.24) is 0 Å². The third-order valence-corrected chi connectivity index (χ3v) is 4.61. The van der Waals surface area contributed by atoms with Gasteiger partial charge in [0.25, 0.3) is 0 Å². The van der Waals surface area contributed by atoms with Crippen LogP contribution in [0, 0.1) is 23.0 Å². The number of nitrogens with one attached hydrogen (secondary N) is 2. The van der Waals surface area contributed by atoms with E-state index in [1.54, 1.807) is 6.08 Å². The maximum atomic E-state index is 14.2. The van der Waals surface area contributed by atoms with E-state index >= 15 is 0 Å². The normalized spacial score (nSPS) is 16.2. The Morgan fingerprint density at radius 3 is 2.79 bits per heavy atom. The molecule has 0 saturated carbocycles. The number of methoxy groups -OCH3 is 1. The molecule has 0 aromatic heterocycles. The predicted octanol–water partition coefficient (Wildman–Crippen LogP) is 3.61. The van der Waals surface area contributed by atoms with Crippen LogP contribution in [0.4, 0.5) is 20.2 Å². The van der Waals surface area contributed by atoms with Crippen LogP contribution in [0.2, 0.25) is 0 Å². The number of allylic oxidation sites excluding steroid dienone is 1. The molecule has 0 radical (unpaired) electrons. The quantitative estimate of drug-likeness (QED) is 0.509. The number of hydrogen-bond donors (Lipinski definition) is 3. The second-order valence-electron chi connectivity index (χ2n) is 6.61. The standard InChI is InChI=1S/C21H21F2N3O3/c1-28-20-8-12(2-4-15(20)22)3-5-17(24)14-9-19(16(23)10-18(14)25)26-21(27)13-6-7-29-11-13/h2-5,8-10,13,24H,6-7,11,25H2,1H3,(H,26,27)/b5-3+,24-17?. The number of nitrogens with two attached hydrogens (primary N) is 1. The van der Waals surface area contributed by atoms with Crippen LogP contribution in [0.5, 0.6) is 5.75 Å². The van der Waals surface area contributed by atoms with Gasteiger partial charge in [-0.2, -0.15) is 0 Å². The molecule has 0 spiro atoms. The number of amides is 1. The Bertz CT molecular complexity index is 970. The average molecular weight is 401 g/mol. The van der Waals surface area contributed by atoms with Gasteiger partial charge in [-0.15, -0.1) is 0 Å². The monoisotopic (exact) mass is 401 g/mol. The summed E-state index contributed by atoms with van der Waals surface area (Å²) >= 11 is 0. The molecule has 2 aromatic rings. The van der Waals surface area contributed by atoms with Gasteiger partial charge < -0.3 is 25.9 Å². The summed E-state index contributed by atoms with van der Waals surface area (Å²) in [6.07, 6.45) is 3.61. The first-order chi connectivity index (χ1) is 13.9. The van der Waals surface area contributed by atoms with Gasteiger partial charge in [-0.05, 0) is 42.3 Å². The van der Waals surface area contributed by atoms with Crippen molar-refractivity contribution in [2.75, 3.05) is 31.4 Å². The van der Waals surface area contributed by atoms with E-state index in [2.05, 4.69) is 5.32 Å². The Morgan fingerprint density at radius 1 is 1.31 bits per heavy atom. The summed E-state index contributed by atoms with van der Waals surface area (Å²) in [6, 6.07) is 6.68. The van der Waals surface area contributed by atoms with Crippen LogP contribution in [0.3, 0.4) is 0 Å². The second-order valence-corrected chi connectivity index (χ2v) is 6.61. The minimum atomic E-state index is -0.682. The van der Waals surface area contributed by atoms with Crippen LogP contribution in [-0.2, 0) is 9.53 Å². The molecule has 1 unspecified atom stereocenters. The smallest absolute Gasteiger partial charge is 0.229 e. The van der Waals surface area contributed by atoms with Gasteiger partial charge in [0, 0.05) is 17.9 Å². The van der Waals surface area contributed by atoms with Gasteiger partial charge >= 0.3 is 0 Å². The van der Waals surface area contributed by atoms with Crippen molar-refractivity contribution < 1.29 is 23.0 Å². The van der Waals surface area contributed by atoms with E-state index < -0.39 is 11.6 Å². The van der Waals surface area contributed by atoms with E-state index in [1.807, 2.05) is 0 Å². The van der Waals surface area contributed by atoms with Crippen molar-refractivity contribution in [2.45, 2.75) is 6.42 Å². The van der Waals surface area contributed by atoms with Gasteiger partial charge in [0.05, 0.1) is 31.0 Å². The molecule has 2 aromatic carbocycles. The molecular formula is C21H21F2N3O3. The summed E-state index contributed by atoms with van der Waals surface area (Å²) in [7, 11) is 1.36. The van der Waals surface area contributed by atoms with E-state index in [0.29, 0.717) is 25.2 Å². The summed E-state index contributed by atoms with van der Waals surface area (Å²) in [5.74, 6) is -1.75. The number of nitrogen functional groups attached to an aromatic ring is 1. The van der Waals surface area contributed by atoms with Crippen molar-refractivity contribution in [3.05, 3.63) is 59.2 Å². The molecule has 0 bridgehead atoms. The third-order valence-electron chi connectivity index (χ3n) is 4.61. The number of rotatable bonds is 6. The van der Waals surface area contributed by atoms with Crippen LogP contribution >= 0.6 is 0 Å². The lowest BCUT2D eigenvalue weighted by Gasteiger charge is -2.13. The maximum Gasteiger partial charge on any atom is 0.229 e. The number of benzene rings is 2. The SMILES string of the molecule is COc1cc(/C=C/C(=N)c2cc(NC(=O)C3CCOC3)c(F)cc2N)ccc1F. The van der Waals surface area contributed by atoms with E-state index in [9.17, 15) is 13.6 Å². The second kappa shape index (κ2) is 8.83. The Balaban J connectivity index is 1.80. The number of hydrogen-bond acceptors (Lipinski definition) is 5. The largest absolute Gasteiger partial charge is 0.494 e. The van der Waals surface area contributed by atoms with Gasteiger partial charge in [-0.25, -0.2) is 8.78 Å². The minimum Gasteiger partial charge on any atom is -0.494 e. The van der Waals surface area contributed by atoms with E-state index in [0.717, 1.165) is 6.07 Å². The highest BCUT2D eigenvalue weighted by molar-refractivity contribution is 6.12. The van der Waals surface area contributed by atoms with Crippen LogP contribution < -0.4 is 15.8 Å². The highest BCUT2D eigenvalue weighted by Gasteiger charge is 2.24. The summed E-state index contributed by atoms with van der Waals surface area (Å²) < 4.78 is 37.9. The molecule has 3 rings (SSSR count). The Morgan fingerprint density at radius 2 is 2.10 bits per heavy atom. The van der Waals surface area contributed by atoms with Gasteiger partial charge in [0.1, 0.15) is 5.82 Å². The lowest BCUT2D eigenvalue weighted by molar-refractivity contribution is -0.119. The van der Waals surface area contributed by atoms with Crippen molar-refractivity contribution in [2.24, 2.45) is 5.92 Å². The van der Waals surface area contributed by atoms with Crippen molar-refractivity contribution in [3.63, 3.8) is 0 Å². The average Bonchev–Trinajstić information content (AvgIpc) is 3.24. The highest BCUT2D eigenvalue weighted by atomic mass is 19.1. The summed E-state index contributed by atoms with van der Waals surface area (Å²) in [5, 5.41) is 10.8. The molecule has 1 amide bonds. The number of anilines is 2. The molecule has 0 aliphatic carbocycles. The molecule has 1 fully saturated rings. The minimum absolute atomic E-state index is 0.00508. The van der Waals surface area contributed by atoms with E-state index in [4.69, 9.17) is 20.6 Å². The topological polar surface area (TPSA) is 97.4 Å². The molecule has 1 aliphatic heterocycles. The predicted molar refractivity (Wildman–Crippen MR) is 107 cm³/mol. The number of ether oxygens (including phenoxy) is 2. The fourth-order valence-corrected chi connectivity index (χ4v) is 2.94. The lowest BCUT2D eigenvalue weighted by Crippen LogP contribution is -2.23. The summed E-state index contributed by atoms with van der Waals surface area (Å²) in [6.45, 7) is 0.798. The van der Waals surface area contributed by atoms with Gasteiger partial charge in [0.15, 0.2) is 11.6 Å². The molecule has 4 N–H and O–H groups in total. The third kappa shape index (κ3) is 4.78.